The number of H-pyrrole nitrogens is 1. The van der Waals surface area contributed by atoms with E-state index >= 15 is 0 Å². The van der Waals surface area contributed by atoms with Crippen LogP contribution in [0.3, 0.4) is 0 Å². The number of carbonyl (C=O) groups excluding carboxylic acids is 2. The fourth-order valence-corrected chi connectivity index (χ4v) is 8.44. The molecular formula is C42H49ClN12O8. The number of nitrogens with one attached hydrogen (secondary N) is 1. The molecule has 20 nitrogen and oxygen atoms in total. The zero-order valence-corrected chi connectivity index (χ0v) is 37.0. The van der Waals surface area contributed by atoms with Gasteiger partial charge in [-0.1, -0.05) is 10.3 Å². The van der Waals surface area contributed by atoms with Gasteiger partial charge in [-0.2, -0.15) is 9.97 Å². The lowest BCUT2D eigenvalue weighted by atomic mass is 10.2. The maximum atomic E-state index is 12.8. The van der Waals surface area contributed by atoms with Gasteiger partial charge < -0.3 is 33.3 Å². The second-order valence-electron chi connectivity index (χ2n) is 18.3. The molecule has 2 aliphatic carbocycles. The number of alkyl halides is 1. The summed E-state index contributed by atoms with van der Waals surface area (Å²) in [7, 11) is 0. The summed E-state index contributed by atoms with van der Waals surface area (Å²) in [6.45, 7) is 17.7. The van der Waals surface area contributed by atoms with Gasteiger partial charge in [-0.05, 0) is 102 Å². The Morgan fingerprint density at radius 1 is 0.730 bits per heavy atom. The van der Waals surface area contributed by atoms with Crippen molar-refractivity contribution in [2.75, 3.05) is 26.2 Å². The van der Waals surface area contributed by atoms with Crippen molar-refractivity contribution in [1.29, 1.82) is 0 Å². The Morgan fingerprint density at radius 3 is 1.68 bits per heavy atom. The quantitative estimate of drug-likeness (QED) is 0.221. The number of rotatable bonds is 5. The minimum atomic E-state index is -0.504. The number of hydrogen-bond donors (Lipinski definition) is 1. The van der Waals surface area contributed by atoms with E-state index in [2.05, 4.69) is 45.2 Å². The van der Waals surface area contributed by atoms with Gasteiger partial charge in [-0.25, -0.2) is 29.5 Å². The first-order valence-electron chi connectivity index (χ1n) is 20.7. The Labute approximate surface area is 365 Å². The summed E-state index contributed by atoms with van der Waals surface area (Å²) < 4.78 is 22.7. The lowest BCUT2D eigenvalue weighted by molar-refractivity contribution is 0.0260. The van der Waals surface area contributed by atoms with Gasteiger partial charge >= 0.3 is 12.2 Å². The number of halogens is 1. The number of fused-ring (bicyclic) bond motifs is 4. The van der Waals surface area contributed by atoms with Crippen LogP contribution in [0.25, 0.3) is 22.1 Å². The molecule has 2 aliphatic heterocycles. The Hall–Kier alpha value is -6.31. The molecule has 6 atom stereocenters. The molecule has 2 amide bonds. The SMILES string of the molecule is CC(C)(C)OC(=O)N1C[C@@H]2C(c3noc(CCl)n3)[C@@H]2C1.Cc1ccnc2nc[nH]c(=O)c12.Cc1ccnc2ncn(Cc3nc(C4[C@H]5CN(C(=O)OC(C)(C)C)C[C@@H]45)no3)c(=O)c12. The third kappa shape index (κ3) is 9.40. The third-order valence-electron chi connectivity index (χ3n) is 11.4. The second-order valence-corrected chi connectivity index (χ2v) is 18.5. The van der Waals surface area contributed by atoms with E-state index < -0.39 is 11.2 Å². The van der Waals surface area contributed by atoms with Crippen LogP contribution in [0.2, 0.25) is 0 Å². The number of aromatic amines is 1. The lowest BCUT2D eigenvalue weighted by Gasteiger charge is -2.25. The fraction of sp³-hybridized carbons (Fsp3) is 0.524. The van der Waals surface area contributed by atoms with Crippen LogP contribution in [0.5, 0.6) is 0 Å². The van der Waals surface area contributed by atoms with Gasteiger partial charge in [0.1, 0.15) is 30.0 Å². The van der Waals surface area contributed by atoms with Gasteiger partial charge in [0, 0.05) is 50.4 Å². The average Bonchev–Trinajstić information content (AvgIpc) is 3.65. The molecule has 21 heteroatoms. The maximum absolute atomic E-state index is 12.8. The van der Waals surface area contributed by atoms with Crippen LogP contribution in [0.4, 0.5) is 9.59 Å². The Balaban J connectivity index is 0.000000145. The number of carbonyl (C=O) groups is 2. The number of amides is 2. The first kappa shape index (κ1) is 43.3. The molecule has 4 fully saturated rings. The summed E-state index contributed by atoms with van der Waals surface area (Å²) in [5, 5.41) is 9.14. The molecule has 63 heavy (non-hydrogen) atoms. The number of aromatic nitrogens is 10. The van der Waals surface area contributed by atoms with Crippen molar-refractivity contribution in [2.24, 2.45) is 23.7 Å². The van der Waals surface area contributed by atoms with E-state index in [9.17, 15) is 19.2 Å². The first-order valence-corrected chi connectivity index (χ1v) is 21.2. The van der Waals surface area contributed by atoms with Crippen molar-refractivity contribution in [1.82, 2.24) is 59.6 Å². The van der Waals surface area contributed by atoms with Gasteiger partial charge in [0.25, 0.3) is 11.1 Å². The Morgan fingerprint density at radius 2 is 1.21 bits per heavy atom. The van der Waals surface area contributed by atoms with E-state index in [1.165, 1.54) is 17.2 Å². The molecule has 1 N–H and O–H groups in total. The average molecular weight is 885 g/mol. The standard InChI is InChI=1S/C21H24N6O4.C13H18ClN3O3.C8H7N3O/c1-11-5-6-22-17-15(11)19(28)27(10-23-17)9-14-24-18(25-31-14)16-12-7-26(8-13(12)16)20(29)30-21(2,3)4;1-13(2,3)19-12(18)17-5-7-8(6-17)10(7)11-15-9(4-14)20-16-11;1-5-2-3-9-7-6(5)8(12)11-4-10-7/h5-6,10,12-13,16H,7-9H2,1-4H3;7-8,10H,4-6H2,1-3H3;2-4H,1H3,(H,9,10,11,12)/t12-,13+,16?;7-,8+,10?;. The van der Waals surface area contributed by atoms with Crippen LogP contribution < -0.4 is 11.1 Å². The highest BCUT2D eigenvalue weighted by Gasteiger charge is 2.61. The number of aryl methyl sites for hydroxylation is 2. The molecule has 6 aromatic heterocycles. The van der Waals surface area contributed by atoms with Crippen LogP contribution in [-0.2, 0) is 21.9 Å². The van der Waals surface area contributed by atoms with Gasteiger partial charge in [0.05, 0.1) is 17.1 Å². The van der Waals surface area contributed by atoms with Gasteiger partial charge in [0.15, 0.2) is 22.9 Å². The zero-order valence-electron chi connectivity index (χ0n) is 36.2. The number of nitrogens with zero attached hydrogens (tertiary/aromatic N) is 11. The zero-order chi connectivity index (χ0) is 45.0. The predicted molar refractivity (Wildman–Crippen MR) is 226 cm³/mol. The van der Waals surface area contributed by atoms with Gasteiger partial charge in [-0.15, -0.1) is 11.6 Å². The number of hydrogen-bond acceptors (Lipinski definition) is 16. The predicted octanol–water partition coefficient (Wildman–Crippen LogP) is 5.13. The van der Waals surface area contributed by atoms with E-state index in [1.807, 2.05) is 55.4 Å². The smallest absolute Gasteiger partial charge is 0.410 e. The van der Waals surface area contributed by atoms with Crippen LogP contribution in [0.15, 0.2) is 55.8 Å². The normalized spacial score (nSPS) is 22.1. The molecule has 6 aromatic rings. The minimum Gasteiger partial charge on any atom is -0.444 e. The van der Waals surface area contributed by atoms with Crippen molar-refractivity contribution >= 4 is 45.9 Å². The summed E-state index contributed by atoms with van der Waals surface area (Å²) in [6.07, 6.45) is 5.57. The summed E-state index contributed by atoms with van der Waals surface area (Å²) in [6, 6.07) is 3.58. The van der Waals surface area contributed by atoms with Gasteiger partial charge in [-0.3, -0.25) is 14.2 Å². The molecule has 0 bridgehead atoms. The molecule has 8 heterocycles. The number of likely N-dealkylation sites (tertiary alicyclic amines) is 2. The van der Waals surface area contributed by atoms with E-state index in [0.29, 0.717) is 95.4 Å². The molecule has 0 spiro atoms. The van der Waals surface area contributed by atoms with Crippen molar-refractivity contribution in [3.05, 3.63) is 92.4 Å². The molecular weight excluding hydrogens is 836 g/mol. The van der Waals surface area contributed by atoms with Crippen molar-refractivity contribution in [3.63, 3.8) is 0 Å². The minimum absolute atomic E-state index is 0.134. The van der Waals surface area contributed by atoms with Crippen LogP contribution >= 0.6 is 11.6 Å². The summed E-state index contributed by atoms with van der Waals surface area (Å²) in [5.41, 5.74) is 1.36. The van der Waals surface area contributed by atoms with Crippen molar-refractivity contribution in [3.8, 4) is 0 Å². The lowest BCUT2D eigenvalue weighted by Crippen LogP contribution is -2.36. The van der Waals surface area contributed by atoms with E-state index in [4.69, 9.17) is 30.1 Å². The molecule has 4 aliphatic rings. The number of piperidine rings is 2. The van der Waals surface area contributed by atoms with Gasteiger partial charge in [0.2, 0.25) is 11.8 Å². The third-order valence-corrected chi connectivity index (χ3v) is 11.6. The highest BCUT2D eigenvalue weighted by molar-refractivity contribution is 6.16. The fourth-order valence-electron chi connectivity index (χ4n) is 8.33. The van der Waals surface area contributed by atoms with E-state index in [0.717, 1.165) is 17.0 Å². The molecule has 10 rings (SSSR count). The maximum Gasteiger partial charge on any atom is 0.410 e. The Kier molecular flexibility index (Phi) is 11.5. The van der Waals surface area contributed by atoms with Crippen molar-refractivity contribution in [2.45, 2.75) is 90.9 Å². The molecule has 332 valence electrons. The molecule has 2 saturated carbocycles. The van der Waals surface area contributed by atoms with E-state index in [1.54, 1.807) is 34.3 Å². The van der Waals surface area contributed by atoms with Crippen LogP contribution in [0.1, 0.15) is 87.9 Å². The molecule has 2 saturated heterocycles. The van der Waals surface area contributed by atoms with Crippen LogP contribution in [-0.4, -0.2) is 109 Å². The topological polar surface area (TPSA) is 243 Å². The molecule has 2 unspecified atom stereocenters. The highest BCUT2D eigenvalue weighted by Crippen LogP contribution is 2.58. The van der Waals surface area contributed by atoms with Crippen molar-refractivity contribution < 1.29 is 28.1 Å². The first-order chi connectivity index (χ1) is 29.9. The number of ether oxygens (including phenoxy) is 2. The second kappa shape index (κ2) is 16.8. The summed E-state index contributed by atoms with van der Waals surface area (Å²) >= 11 is 5.65. The highest BCUT2D eigenvalue weighted by atomic mass is 35.5. The van der Waals surface area contributed by atoms with E-state index in [-0.39, 0.29) is 41.6 Å². The molecule has 0 radical (unpaired) electrons. The molecule has 0 aromatic carbocycles. The Bertz CT molecular complexity index is 2760. The summed E-state index contributed by atoms with van der Waals surface area (Å²) in [5.74, 6) is 4.35. The monoisotopic (exact) mass is 884 g/mol. The number of pyridine rings is 2. The largest absolute Gasteiger partial charge is 0.444 e. The summed E-state index contributed by atoms with van der Waals surface area (Å²) in [4.78, 5) is 79.4. The van der Waals surface area contributed by atoms with Crippen LogP contribution in [0, 0.1) is 37.5 Å².